The van der Waals surface area contributed by atoms with Gasteiger partial charge in [0.05, 0.1) is 6.61 Å². The molecule has 0 atom stereocenters. The summed E-state index contributed by atoms with van der Waals surface area (Å²) in [5.74, 6) is -2.19. The molecule has 2 rings (SSSR count). The van der Waals surface area contributed by atoms with Gasteiger partial charge in [-0.1, -0.05) is 12.2 Å². The third kappa shape index (κ3) is 6.84. The van der Waals surface area contributed by atoms with Gasteiger partial charge in [-0.25, -0.2) is 9.18 Å². The van der Waals surface area contributed by atoms with Crippen LogP contribution in [0.4, 0.5) is 10.1 Å². The molecule has 0 fully saturated rings. The SMILES string of the molecule is CCNc1cc(O)c2c(c1)/C=C/CCCC(=O)/C(F)=C\CCOC2=O.O.O. The number of carbonyl (C=O) groups is 2. The molecule has 0 saturated heterocycles. The number of nitrogens with one attached hydrogen (secondary N) is 1. The van der Waals surface area contributed by atoms with E-state index in [0.29, 0.717) is 30.6 Å². The third-order valence-electron chi connectivity index (χ3n) is 3.75. The molecule has 0 saturated carbocycles. The average molecular weight is 383 g/mol. The fourth-order valence-corrected chi connectivity index (χ4v) is 2.54. The molecule has 8 heteroatoms. The molecule has 0 bridgehead atoms. The lowest BCUT2D eigenvalue weighted by Crippen LogP contribution is -2.10. The summed E-state index contributed by atoms with van der Waals surface area (Å²) in [6, 6.07) is 3.23. The minimum Gasteiger partial charge on any atom is -0.507 e. The van der Waals surface area contributed by atoms with Crippen LogP contribution in [0.25, 0.3) is 6.08 Å². The Bertz CT molecular complexity index is 714. The van der Waals surface area contributed by atoms with Gasteiger partial charge in [0.15, 0.2) is 11.6 Å². The second-order valence-corrected chi connectivity index (χ2v) is 5.68. The molecule has 0 spiro atoms. The molecule has 6 N–H and O–H groups in total. The minimum atomic E-state index is -0.796. The van der Waals surface area contributed by atoms with E-state index in [1.54, 1.807) is 18.2 Å². The Kier molecular flexibility index (Phi) is 10.6. The highest BCUT2D eigenvalue weighted by Gasteiger charge is 2.18. The van der Waals surface area contributed by atoms with E-state index in [2.05, 4.69) is 5.32 Å². The molecule has 1 heterocycles. The van der Waals surface area contributed by atoms with Crippen LogP contribution in [0, 0.1) is 0 Å². The zero-order valence-corrected chi connectivity index (χ0v) is 15.2. The summed E-state index contributed by atoms with van der Waals surface area (Å²) in [6.07, 6.45) is 5.93. The molecular formula is C19H26FNO6. The number of ether oxygens (including phenoxy) is 1. The van der Waals surface area contributed by atoms with Crippen molar-refractivity contribution in [2.24, 2.45) is 0 Å². The second kappa shape index (κ2) is 11.8. The summed E-state index contributed by atoms with van der Waals surface area (Å²) in [5, 5.41) is 13.3. The van der Waals surface area contributed by atoms with Crippen LogP contribution in [0.15, 0.2) is 30.1 Å². The lowest BCUT2D eigenvalue weighted by molar-refractivity contribution is -0.117. The summed E-state index contributed by atoms with van der Waals surface area (Å²) in [4.78, 5) is 23.9. The van der Waals surface area contributed by atoms with Crippen LogP contribution in [-0.4, -0.2) is 41.0 Å². The number of cyclic esters (lactones) is 1. The van der Waals surface area contributed by atoms with E-state index in [-0.39, 0.29) is 41.7 Å². The number of hydrogen-bond donors (Lipinski definition) is 2. The highest BCUT2D eigenvalue weighted by Crippen LogP contribution is 2.29. The van der Waals surface area contributed by atoms with Crippen LogP contribution in [0.3, 0.4) is 0 Å². The average Bonchev–Trinajstić information content (AvgIpc) is 2.57. The van der Waals surface area contributed by atoms with Crippen molar-refractivity contribution in [1.82, 2.24) is 0 Å². The largest absolute Gasteiger partial charge is 0.507 e. The lowest BCUT2D eigenvalue weighted by Gasteiger charge is -2.12. The molecule has 0 aromatic heterocycles. The molecule has 1 aromatic rings. The van der Waals surface area contributed by atoms with Crippen molar-refractivity contribution in [3.63, 3.8) is 0 Å². The number of allylic oxidation sites excluding steroid dienone is 2. The number of fused-ring (bicyclic) bond motifs is 1. The third-order valence-corrected chi connectivity index (χ3v) is 3.75. The number of esters is 1. The Balaban J connectivity index is 0.00000338. The predicted octanol–water partition coefficient (Wildman–Crippen LogP) is 2.34. The quantitative estimate of drug-likeness (QED) is 0.755. The van der Waals surface area contributed by atoms with E-state index in [4.69, 9.17) is 4.74 Å². The number of phenols is 1. The summed E-state index contributed by atoms with van der Waals surface area (Å²) in [7, 11) is 0. The Morgan fingerprint density at radius 3 is 2.67 bits per heavy atom. The number of halogens is 1. The van der Waals surface area contributed by atoms with Crippen molar-refractivity contribution in [2.45, 2.75) is 32.6 Å². The van der Waals surface area contributed by atoms with Crippen LogP contribution in [0.5, 0.6) is 5.75 Å². The van der Waals surface area contributed by atoms with E-state index in [1.165, 1.54) is 6.07 Å². The van der Waals surface area contributed by atoms with Gasteiger partial charge in [-0.3, -0.25) is 4.79 Å². The molecule has 1 aliphatic rings. The van der Waals surface area contributed by atoms with Gasteiger partial charge in [0, 0.05) is 31.1 Å². The molecule has 0 unspecified atom stereocenters. The maximum atomic E-state index is 13.6. The molecule has 0 amide bonds. The highest BCUT2D eigenvalue weighted by atomic mass is 19.1. The maximum absolute atomic E-state index is 13.6. The van der Waals surface area contributed by atoms with Crippen molar-refractivity contribution in [1.29, 1.82) is 0 Å². The molecule has 27 heavy (non-hydrogen) atoms. The smallest absolute Gasteiger partial charge is 0.342 e. The fourth-order valence-electron chi connectivity index (χ4n) is 2.54. The van der Waals surface area contributed by atoms with Crippen molar-refractivity contribution < 1.29 is 34.8 Å². The summed E-state index contributed by atoms with van der Waals surface area (Å²) >= 11 is 0. The van der Waals surface area contributed by atoms with E-state index >= 15 is 0 Å². The number of rotatable bonds is 2. The van der Waals surface area contributed by atoms with Crippen molar-refractivity contribution in [3.8, 4) is 5.75 Å². The minimum absolute atomic E-state index is 0. The van der Waals surface area contributed by atoms with Gasteiger partial charge in [-0.15, -0.1) is 0 Å². The first-order valence-corrected chi connectivity index (χ1v) is 8.36. The number of phenolic OH excluding ortho intramolecular Hbond substituents is 1. The van der Waals surface area contributed by atoms with Crippen molar-refractivity contribution in [3.05, 3.63) is 41.2 Å². The number of anilines is 1. The zero-order valence-electron chi connectivity index (χ0n) is 15.2. The number of ketones is 1. The predicted molar refractivity (Wildman–Crippen MR) is 101 cm³/mol. The molecule has 1 aliphatic heterocycles. The van der Waals surface area contributed by atoms with E-state index in [0.717, 1.165) is 6.08 Å². The lowest BCUT2D eigenvalue weighted by atomic mass is 10.0. The van der Waals surface area contributed by atoms with Crippen LogP contribution < -0.4 is 5.32 Å². The highest BCUT2D eigenvalue weighted by molar-refractivity contribution is 5.97. The molecule has 0 aliphatic carbocycles. The number of Topliss-reactive ketones (excluding diaryl/α,β-unsaturated/α-hetero) is 1. The zero-order chi connectivity index (χ0) is 18.2. The van der Waals surface area contributed by atoms with Gasteiger partial charge < -0.3 is 26.1 Å². The van der Waals surface area contributed by atoms with Crippen LogP contribution in [0.1, 0.15) is 48.5 Å². The van der Waals surface area contributed by atoms with Gasteiger partial charge >= 0.3 is 5.97 Å². The molecule has 0 radical (unpaired) electrons. The van der Waals surface area contributed by atoms with E-state index in [9.17, 15) is 19.1 Å². The standard InChI is InChI=1S/C19H22FNO4.2H2O/c1-2-21-14-11-13-7-4-3-5-9-16(22)15(20)8-6-10-25-19(24)18(13)17(23)12-14;;/h4,7-8,11-12,21,23H,2-3,5-6,9-10H2,1H3;2*1H2/b7-4+,15-8+;;. The van der Waals surface area contributed by atoms with Gasteiger partial charge in [0.25, 0.3) is 0 Å². The van der Waals surface area contributed by atoms with Crippen molar-refractivity contribution >= 4 is 23.5 Å². The summed E-state index contributed by atoms with van der Waals surface area (Å²) < 4.78 is 18.7. The first-order chi connectivity index (χ1) is 12.0. The molecule has 1 aromatic carbocycles. The van der Waals surface area contributed by atoms with E-state index in [1.807, 2.05) is 6.92 Å². The van der Waals surface area contributed by atoms with Crippen LogP contribution in [0.2, 0.25) is 0 Å². The Hall–Kier alpha value is -2.71. The maximum Gasteiger partial charge on any atom is 0.342 e. The second-order valence-electron chi connectivity index (χ2n) is 5.68. The normalized spacial score (nSPS) is 18.4. The van der Waals surface area contributed by atoms with Gasteiger partial charge in [-0.2, -0.15) is 0 Å². The Morgan fingerprint density at radius 2 is 1.96 bits per heavy atom. The number of carbonyl (C=O) groups excluding carboxylic acids is 2. The number of hydrogen-bond acceptors (Lipinski definition) is 5. The first-order valence-electron chi connectivity index (χ1n) is 8.36. The van der Waals surface area contributed by atoms with Crippen LogP contribution in [-0.2, 0) is 9.53 Å². The molecule has 7 nitrogen and oxygen atoms in total. The fraction of sp³-hybridized carbons (Fsp3) is 0.368. The van der Waals surface area contributed by atoms with E-state index < -0.39 is 17.6 Å². The Labute approximate surface area is 157 Å². The summed E-state index contributed by atoms with van der Waals surface area (Å²) in [6.45, 7) is 2.53. The van der Waals surface area contributed by atoms with Gasteiger partial charge in [-0.05, 0) is 37.5 Å². The first kappa shape index (κ1) is 24.3. The Morgan fingerprint density at radius 1 is 1.22 bits per heavy atom. The number of benzene rings is 1. The van der Waals surface area contributed by atoms with Crippen molar-refractivity contribution in [2.75, 3.05) is 18.5 Å². The van der Waals surface area contributed by atoms with Gasteiger partial charge in [0.1, 0.15) is 11.3 Å². The number of aromatic hydroxyl groups is 1. The molecule has 150 valence electrons. The van der Waals surface area contributed by atoms with Crippen LogP contribution >= 0.6 is 0 Å². The summed E-state index contributed by atoms with van der Waals surface area (Å²) in [5.41, 5.74) is 1.30. The monoisotopic (exact) mass is 383 g/mol. The molecular weight excluding hydrogens is 357 g/mol. The topological polar surface area (TPSA) is 139 Å². The van der Waals surface area contributed by atoms with Gasteiger partial charge in [0.2, 0.25) is 0 Å².